The highest BCUT2D eigenvalue weighted by Crippen LogP contribution is 2.20. The van der Waals surface area contributed by atoms with Gasteiger partial charge in [0.2, 0.25) is 11.8 Å². The second-order valence-electron chi connectivity index (χ2n) is 6.79. The van der Waals surface area contributed by atoms with Crippen molar-refractivity contribution in [2.75, 3.05) is 7.05 Å². The summed E-state index contributed by atoms with van der Waals surface area (Å²) in [5, 5.41) is 3.87. The number of nitrogens with zero attached hydrogens (tertiary/aromatic N) is 2. The van der Waals surface area contributed by atoms with E-state index in [-0.39, 0.29) is 30.3 Å². The van der Waals surface area contributed by atoms with Crippen molar-refractivity contribution >= 4 is 34.3 Å². The fraction of sp³-hybridized carbons (Fsp3) is 0.238. The van der Waals surface area contributed by atoms with Crippen molar-refractivity contribution in [1.82, 2.24) is 20.2 Å². The molecular weight excluding hydrogens is 392 g/mol. The van der Waals surface area contributed by atoms with Crippen molar-refractivity contribution in [3.63, 3.8) is 0 Å². The van der Waals surface area contributed by atoms with Gasteiger partial charge in [-0.1, -0.05) is 35.9 Å². The second-order valence-corrected chi connectivity index (χ2v) is 7.22. The number of para-hydroxylation sites is 1. The molecule has 7 nitrogen and oxygen atoms in total. The van der Waals surface area contributed by atoms with Crippen LogP contribution in [0, 0.1) is 0 Å². The van der Waals surface area contributed by atoms with Crippen LogP contribution in [0.4, 0.5) is 0 Å². The number of rotatable bonds is 6. The summed E-state index contributed by atoms with van der Waals surface area (Å²) in [6.07, 6.45) is 0.0650. The number of nitrogens with one attached hydrogen (secondary N) is 2. The molecule has 0 radical (unpaired) electrons. The molecule has 2 aromatic carbocycles. The van der Waals surface area contributed by atoms with Crippen molar-refractivity contribution in [2.24, 2.45) is 0 Å². The first-order chi connectivity index (χ1) is 13.8. The van der Waals surface area contributed by atoms with Gasteiger partial charge in [-0.25, -0.2) is 4.98 Å². The van der Waals surface area contributed by atoms with E-state index in [9.17, 15) is 14.4 Å². The number of hydrogen-bond donors (Lipinski definition) is 2. The molecule has 1 aromatic heterocycles. The maximum atomic E-state index is 12.8. The Bertz CT molecular complexity index is 1100. The molecule has 150 valence electrons. The fourth-order valence-corrected chi connectivity index (χ4v) is 3.17. The highest BCUT2D eigenvalue weighted by molar-refractivity contribution is 6.30. The van der Waals surface area contributed by atoms with Gasteiger partial charge in [-0.05, 0) is 29.8 Å². The number of carbonyl (C=O) groups is 2. The summed E-state index contributed by atoms with van der Waals surface area (Å²) in [5.74, 6) is -0.0393. The minimum absolute atomic E-state index is 0.0650. The van der Waals surface area contributed by atoms with Crippen molar-refractivity contribution in [1.29, 1.82) is 0 Å². The molecule has 8 heteroatoms. The normalized spacial score (nSPS) is 11.8. The van der Waals surface area contributed by atoms with Crippen LogP contribution in [-0.2, 0) is 16.1 Å². The fourth-order valence-electron chi connectivity index (χ4n) is 3.05. The van der Waals surface area contributed by atoms with Crippen LogP contribution in [0.2, 0.25) is 5.02 Å². The minimum Gasteiger partial charge on any atom is -0.349 e. The van der Waals surface area contributed by atoms with E-state index >= 15 is 0 Å². The molecule has 0 fully saturated rings. The highest BCUT2D eigenvalue weighted by Gasteiger charge is 2.20. The summed E-state index contributed by atoms with van der Waals surface area (Å²) in [7, 11) is 1.63. The molecular formula is C21H21ClN4O3. The lowest BCUT2D eigenvalue weighted by Gasteiger charge is -2.22. The van der Waals surface area contributed by atoms with E-state index in [0.717, 1.165) is 5.56 Å². The lowest BCUT2D eigenvalue weighted by atomic mass is 10.0. The van der Waals surface area contributed by atoms with E-state index in [1.165, 1.54) is 11.8 Å². The Balaban J connectivity index is 1.75. The van der Waals surface area contributed by atoms with E-state index in [1.54, 1.807) is 55.6 Å². The Labute approximate surface area is 172 Å². The first-order valence-electron chi connectivity index (χ1n) is 9.08. The lowest BCUT2D eigenvalue weighted by Crippen LogP contribution is -2.34. The Kier molecular flexibility index (Phi) is 6.29. The van der Waals surface area contributed by atoms with Gasteiger partial charge in [0.05, 0.1) is 29.9 Å². The van der Waals surface area contributed by atoms with Gasteiger partial charge in [0.1, 0.15) is 5.82 Å². The van der Waals surface area contributed by atoms with Gasteiger partial charge in [0, 0.05) is 19.0 Å². The highest BCUT2D eigenvalue weighted by atomic mass is 35.5. The molecule has 0 saturated carbocycles. The molecule has 3 rings (SSSR count). The van der Waals surface area contributed by atoms with E-state index in [1.807, 2.05) is 0 Å². The summed E-state index contributed by atoms with van der Waals surface area (Å²) in [4.78, 5) is 45.2. The van der Waals surface area contributed by atoms with Gasteiger partial charge in [-0.15, -0.1) is 0 Å². The van der Waals surface area contributed by atoms with Crippen LogP contribution in [0.3, 0.4) is 0 Å². The number of carbonyl (C=O) groups excluding carboxylic acids is 2. The quantitative estimate of drug-likeness (QED) is 0.650. The number of H-pyrrole nitrogens is 1. The zero-order valence-corrected chi connectivity index (χ0v) is 16.9. The number of benzene rings is 2. The molecule has 0 spiro atoms. The first kappa shape index (κ1) is 20.5. The molecule has 0 bridgehead atoms. The van der Waals surface area contributed by atoms with Crippen molar-refractivity contribution < 1.29 is 9.59 Å². The third-order valence-electron chi connectivity index (χ3n) is 4.50. The van der Waals surface area contributed by atoms with Gasteiger partial charge in [-0.3, -0.25) is 14.4 Å². The third kappa shape index (κ3) is 5.20. The predicted molar refractivity (Wildman–Crippen MR) is 111 cm³/mol. The lowest BCUT2D eigenvalue weighted by molar-refractivity contribution is -0.131. The minimum atomic E-state index is -0.483. The van der Waals surface area contributed by atoms with Crippen LogP contribution in [0.15, 0.2) is 53.3 Å². The van der Waals surface area contributed by atoms with Crippen molar-refractivity contribution in [3.05, 3.63) is 75.3 Å². The molecule has 1 atom stereocenters. The molecule has 0 aliphatic carbocycles. The Morgan fingerprint density at radius 2 is 1.86 bits per heavy atom. The van der Waals surface area contributed by atoms with Gasteiger partial charge in [-0.2, -0.15) is 0 Å². The van der Waals surface area contributed by atoms with Crippen LogP contribution in [0.1, 0.15) is 30.8 Å². The van der Waals surface area contributed by atoms with Crippen LogP contribution >= 0.6 is 11.6 Å². The summed E-state index contributed by atoms with van der Waals surface area (Å²) in [5.41, 5.74) is 1.11. The second kappa shape index (κ2) is 8.87. The van der Waals surface area contributed by atoms with Gasteiger partial charge in [0.15, 0.2) is 0 Å². The molecule has 0 saturated heterocycles. The van der Waals surface area contributed by atoms with Crippen LogP contribution in [0.25, 0.3) is 10.9 Å². The molecule has 29 heavy (non-hydrogen) atoms. The van der Waals surface area contributed by atoms with Crippen molar-refractivity contribution in [2.45, 2.75) is 25.9 Å². The molecule has 0 aliphatic heterocycles. The average Bonchev–Trinajstić information content (AvgIpc) is 2.67. The third-order valence-corrected chi connectivity index (χ3v) is 4.76. The van der Waals surface area contributed by atoms with Gasteiger partial charge >= 0.3 is 0 Å². The van der Waals surface area contributed by atoms with E-state index in [4.69, 9.17) is 11.6 Å². The maximum Gasteiger partial charge on any atom is 0.258 e. The molecule has 2 amide bonds. The Morgan fingerprint density at radius 1 is 1.17 bits per heavy atom. The van der Waals surface area contributed by atoms with Gasteiger partial charge in [0.25, 0.3) is 5.56 Å². The summed E-state index contributed by atoms with van der Waals surface area (Å²) in [6.45, 7) is 1.55. The smallest absolute Gasteiger partial charge is 0.258 e. The monoisotopic (exact) mass is 412 g/mol. The largest absolute Gasteiger partial charge is 0.349 e. The standard InChI is InChI=1S/C21H21ClN4O3/c1-13(27)23-18(14-7-9-15(22)10-8-14)11-20(28)26(2)12-19-24-17-6-4-3-5-16(17)21(29)25-19/h3-10,18H,11-12H2,1-2H3,(H,23,27)(H,24,25,29)/t18-/m0/s1. The first-order valence-corrected chi connectivity index (χ1v) is 9.46. The van der Waals surface area contributed by atoms with Crippen LogP contribution in [-0.4, -0.2) is 33.7 Å². The zero-order valence-electron chi connectivity index (χ0n) is 16.1. The summed E-state index contributed by atoms with van der Waals surface area (Å²) < 4.78 is 0. The molecule has 0 aliphatic rings. The summed E-state index contributed by atoms with van der Waals surface area (Å²) in [6, 6.07) is 13.5. The SMILES string of the molecule is CC(=O)N[C@@H](CC(=O)N(C)Cc1nc2ccccc2c(=O)[nH]1)c1ccc(Cl)cc1. The number of fused-ring (bicyclic) bond motifs is 1. The number of aromatic nitrogens is 2. The zero-order chi connectivity index (χ0) is 21.0. The number of aromatic amines is 1. The number of amides is 2. The average molecular weight is 413 g/mol. The Morgan fingerprint density at radius 3 is 2.55 bits per heavy atom. The van der Waals surface area contributed by atoms with Crippen molar-refractivity contribution in [3.8, 4) is 0 Å². The number of halogens is 1. The van der Waals surface area contributed by atoms with E-state index in [0.29, 0.717) is 21.7 Å². The van der Waals surface area contributed by atoms with Gasteiger partial charge < -0.3 is 15.2 Å². The topological polar surface area (TPSA) is 95.2 Å². The summed E-state index contributed by atoms with van der Waals surface area (Å²) >= 11 is 5.92. The van der Waals surface area contributed by atoms with E-state index in [2.05, 4.69) is 15.3 Å². The van der Waals surface area contributed by atoms with E-state index < -0.39 is 6.04 Å². The number of hydrogen-bond acceptors (Lipinski definition) is 4. The molecule has 0 unspecified atom stereocenters. The predicted octanol–water partition coefficient (Wildman–Crippen LogP) is 2.80. The molecule has 1 heterocycles. The Hall–Kier alpha value is -3.19. The molecule has 3 aromatic rings. The van der Waals surface area contributed by atoms with Crippen LogP contribution < -0.4 is 10.9 Å². The maximum absolute atomic E-state index is 12.8. The molecule has 2 N–H and O–H groups in total. The van der Waals surface area contributed by atoms with Crippen LogP contribution in [0.5, 0.6) is 0 Å².